The summed E-state index contributed by atoms with van der Waals surface area (Å²) in [6.45, 7) is 1.04. The Labute approximate surface area is 137 Å². The molecule has 1 fully saturated rings. The summed E-state index contributed by atoms with van der Waals surface area (Å²) in [5.41, 5.74) is 4.06. The molecule has 1 saturated heterocycles. The number of H-pyrrole nitrogens is 1. The summed E-state index contributed by atoms with van der Waals surface area (Å²) in [6, 6.07) is 8.86. The van der Waals surface area contributed by atoms with E-state index in [9.17, 15) is 4.79 Å². The summed E-state index contributed by atoms with van der Waals surface area (Å²) in [7, 11) is 3.73. The van der Waals surface area contributed by atoms with Crippen LogP contribution in [0.3, 0.4) is 0 Å². The number of carbonyl (C=O) groups is 1. The van der Waals surface area contributed by atoms with Crippen LogP contribution >= 0.6 is 0 Å². The molecule has 2 aromatic rings. The largest absolute Gasteiger partial charge is 0.358 e. The molecule has 0 bridgehead atoms. The summed E-state index contributed by atoms with van der Waals surface area (Å²) in [5.74, 6) is 0.252. The second-order valence-electron chi connectivity index (χ2n) is 7.38. The van der Waals surface area contributed by atoms with E-state index in [0.29, 0.717) is 12.5 Å². The normalized spacial score (nSPS) is 26.6. The van der Waals surface area contributed by atoms with Gasteiger partial charge in [0.15, 0.2) is 0 Å². The minimum atomic E-state index is 0.0670. The molecule has 2 heterocycles. The van der Waals surface area contributed by atoms with Crippen molar-refractivity contribution in [2.24, 2.45) is 5.41 Å². The zero-order valence-corrected chi connectivity index (χ0v) is 14.0. The van der Waals surface area contributed by atoms with Crippen molar-refractivity contribution in [3.8, 4) is 0 Å². The molecule has 23 heavy (non-hydrogen) atoms. The number of rotatable bonds is 2. The average molecular weight is 311 g/mol. The van der Waals surface area contributed by atoms with Crippen molar-refractivity contribution in [1.82, 2.24) is 15.2 Å². The van der Waals surface area contributed by atoms with Crippen molar-refractivity contribution in [1.29, 1.82) is 0 Å². The topological polar surface area (TPSA) is 48.1 Å². The zero-order valence-electron chi connectivity index (χ0n) is 14.0. The monoisotopic (exact) mass is 311 g/mol. The molecule has 2 N–H and O–H groups in total. The van der Waals surface area contributed by atoms with Gasteiger partial charge in [0.25, 0.3) is 0 Å². The Balaban J connectivity index is 1.80. The number of nitrogens with one attached hydrogen (secondary N) is 2. The first-order valence-electron chi connectivity index (χ1n) is 8.64. The zero-order chi connectivity index (χ0) is 16.0. The Morgan fingerprint density at radius 3 is 2.96 bits per heavy atom. The number of aryl methyl sites for hydroxylation is 1. The van der Waals surface area contributed by atoms with Gasteiger partial charge in [-0.2, -0.15) is 0 Å². The standard InChI is InChI=1S/C19H25N3O/c1-22(2)16(23)12-19-9-5-11-20-18(19)17-13-6-3-4-7-14(13)21-15(17)8-10-19/h3-4,6-7,18,20-21H,5,8-12H2,1-2H3/t18-,19+/m1/s1. The van der Waals surface area contributed by atoms with Crippen LogP contribution < -0.4 is 5.32 Å². The minimum Gasteiger partial charge on any atom is -0.358 e. The van der Waals surface area contributed by atoms with Crippen LogP contribution in [0.25, 0.3) is 10.9 Å². The molecule has 0 saturated carbocycles. The predicted octanol–water partition coefficient (Wildman–Crippen LogP) is 3.00. The van der Waals surface area contributed by atoms with Gasteiger partial charge in [0.2, 0.25) is 5.91 Å². The molecule has 122 valence electrons. The summed E-state index contributed by atoms with van der Waals surface area (Å²) in [6.07, 6.45) is 5.08. The van der Waals surface area contributed by atoms with E-state index >= 15 is 0 Å². The van der Waals surface area contributed by atoms with Crippen molar-refractivity contribution in [3.63, 3.8) is 0 Å². The molecule has 1 aromatic carbocycles. The van der Waals surface area contributed by atoms with Gasteiger partial charge in [0.1, 0.15) is 0 Å². The summed E-state index contributed by atoms with van der Waals surface area (Å²) in [4.78, 5) is 17.8. The maximum atomic E-state index is 12.5. The van der Waals surface area contributed by atoms with Crippen molar-refractivity contribution >= 4 is 16.8 Å². The fraction of sp³-hybridized carbons (Fsp3) is 0.526. The molecular weight excluding hydrogens is 286 g/mol. The number of hydrogen-bond acceptors (Lipinski definition) is 2. The maximum absolute atomic E-state index is 12.5. The third-order valence-electron chi connectivity index (χ3n) is 5.80. The molecule has 0 spiro atoms. The second-order valence-corrected chi connectivity index (χ2v) is 7.38. The van der Waals surface area contributed by atoms with Crippen LogP contribution in [0.5, 0.6) is 0 Å². The molecule has 0 radical (unpaired) electrons. The van der Waals surface area contributed by atoms with E-state index in [4.69, 9.17) is 0 Å². The van der Waals surface area contributed by atoms with Crippen LogP contribution in [-0.4, -0.2) is 36.4 Å². The first-order chi connectivity index (χ1) is 11.1. The number of fused-ring (bicyclic) bond motifs is 5. The lowest BCUT2D eigenvalue weighted by Crippen LogP contribution is -2.48. The Kier molecular flexibility index (Phi) is 3.45. The van der Waals surface area contributed by atoms with Crippen LogP contribution in [-0.2, 0) is 11.2 Å². The lowest BCUT2D eigenvalue weighted by atomic mass is 9.63. The van der Waals surface area contributed by atoms with E-state index in [2.05, 4.69) is 34.6 Å². The third-order valence-corrected chi connectivity index (χ3v) is 5.80. The molecule has 1 aliphatic carbocycles. The number of aromatic amines is 1. The smallest absolute Gasteiger partial charge is 0.222 e. The fourth-order valence-corrected chi connectivity index (χ4v) is 4.58. The number of nitrogens with zero attached hydrogens (tertiary/aromatic N) is 1. The predicted molar refractivity (Wildman–Crippen MR) is 92.3 cm³/mol. The van der Waals surface area contributed by atoms with Gasteiger partial charge in [-0.15, -0.1) is 0 Å². The first kappa shape index (κ1) is 14.8. The summed E-state index contributed by atoms with van der Waals surface area (Å²) < 4.78 is 0. The molecule has 2 atom stereocenters. The molecule has 4 heteroatoms. The van der Waals surface area contributed by atoms with Gasteiger partial charge in [-0.25, -0.2) is 0 Å². The Hall–Kier alpha value is -1.81. The van der Waals surface area contributed by atoms with Crippen LogP contribution in [0.15, 0.2) is 24.3 Å². The molecule has 0 unspecified atom stereocenters. The number of piperidine rings is 1. The second kappa shape index (κ2) is 5.38. The van der Waals surface area contributed by atoms with Gasteiger partial charge in [-0.3, -0.25) is 4.79 Å². The van der Waals surface area contributed by atoms with Crippen molar-refractivity contribution in [3.05, 3.63) is 35.5 Å². The van der Waals surface area contributed by atoms with Gasteiger partial charge in [0, 0.05) is 43.2 Å². The van der Waals surface area contributed by atoms with E-state index in [0.717, 1.165) is 32.2 Å². The maximum Gasteiger partial charge on any atom is 0.222 e. The molecule has 1 aromatic heterocycles. The molecule has 4 nitrogen and oxygen atoms in total. The number of amides is 1. The quantitative estimate of drug-likeness (QED) is 0.895. The van der Waals surface area contributed by atoms with E-state index in [1.165, 1.54) is 22.2 Å². The van der Waals surface area contributed by atoms with Gasteiger partial charge in [0.05, 0.1) is 0 Å². The highest BCUT2D eigenvalue weighted by molar-refractivity contribution is 5.86. The van der Waals surface area contributed by atoms with Crippen LogP contribution in [0.1, 0.15) is 43.0 Å². The van der Waals surface area contributed by atoms with Gasteiger partial charge >= 0.3 is 0 Å². The lowest BCUT2D eigenvalue weighted by molar-refractivity contribution is -0.132. The Morgan fingerprint density at radius 2 is 2.13 bits per heavy atom. The van der Waals surface area contributed by atoms with Crippen LogP contribution in [0.2, 0.25) is 0 Å². The molecule has 1 amide bonds. The fourth-order valence-electron chi connectivity index (χ4n) is 4.58. The SMILES string of the molecule is CN(C)C(=O)C[C@@]12CCCN[C@@H]1c1c([nH]c3ccccc13)CC2. The molecular formula is C19H25N3O. The number of carbonyl (C=O) groups excluding carboxylic acids is 1. The van der Waals surface area contributed by atoms with Gasteiger partial charge in [-0.1, -0.05) is 18.2 Å². The number of para-hydroxylation sites is 1. The summed E-state index contributed by atoms with van der Waals surface area (Å²) >= 11 is 0. The van der Waals surface area contributed by atoms with Crippen molar-refractivity contribution in [2.75, 3.05) is 20.6 Å². The van der Waals surface area contributed by atoms with Crippen LogP contribution in [0, 0.1) is 5.41 Å². The van der Waals surface area contributed by atoms with Crippen LogP contribution in [0.4, 0.5) is 0 Å². The molecule has 1 aliphatic heterocycles. The van der Waals surface area contributed by atoms with E-state index < -0.39 is 0 Å². The number of hydrogen-bond donors (Lipinski definition) is 2. The first-order valence-corrected chi connectivity index (χ1v) is 8.64. The highest BCUT2D eigenvalue weighted by Crippen LogP contribution is 2.53. The highest BCUT2D eigenvalue weighted by atomic mass is 16.2. The van der Waals surface area contributed by atoms with E-state index in [-0.39, 0.29) is 11.3 Å². The third kappa shape index (κ3) is 2.27. The van der Waals surface area contributed by atoms with Gasteiger partial charge in [-0.05, 0) is 49.3 Å². The van der Waals surface area contributed by atoms with E-state index in [1.54, 1.807) is 4.90 Å². The number of aromatic nitrogens is 1. The van der Waals surface area contributed by atoms with E-state index in [1.807, 2.05) is 14.1 Å². The average Bonchev–Trinajstić information content (AvgIpc) is 2.93. The van der Waals surface area contributed by atoms with Crippen molar-refractivity contribution in [2.45, 2.75) is 38.1 Å². The Morgan fingerprint density at radius 1 is 1.30 bits per heavy atom. The van der Waals surface area contributed by atoms with Crippen molar-refractivity contribution < 1.29 is 4.79 Å². The molecule has 2 aliphatic rings. The minimum absolute atomic E-state index is 0.0670. The summed E-state index contributed by atoms with van der Waals surface area (Å²) in [5, 5.41) is 5.07. The Bertz CT molecular complexity index is 748. The van der Waals surface area contributed by atoms with Gasteiger partial charge < -0.3 is 15.2 Å². The lowest BCUT2D eigenvalue weighted by Gasteiger charge is -2.48. The molecule has 4 rings (SSSR count). The highest BCUT2D eigenvalue weighted by Gasteiger charge is 2.47. The number of benzene rings is 1.